The lowest BCUT2D eigenvalue weighted by Gasteiger charge is -2.19. The molecular formula is C9H14N4O2. The average molecular weight is 210 g/mol. The molecule has 1 rings (SSSR count). The van der Waals surface area contributed by atoms with E-state index in [-0.39, 0.29) is 0 Å². The fourth-order valence-electron chi connectivity index (χ4n) is 0.918. The summed E-state index contributed by atoms with van der Waals surface area (Å²) < 4.78 is 1.71. The predicted molar refractivity (Wildman–Crippen MR) is 55.6 cm³/mol. The van der Waals surface area contributed by atoms with E-state index in [2.05, 4.69) is 20.4 Å². The van der Waals surface area contributed by atoms with Crippen molar-refractivity contribution in [1.29, 1.82) is 0 Å². The molecule has 0 fully saturated rings. The van der Waals surface area contributed by atoms with Crippen LogP contribution in [-0.4, -0.2) is 29.1 Å². The minimum Gasteiger partial charge on any atom is -0.323 e. The van der Waals surface area contributed by atoms with Gasteiger partial charge in [0.2, 0.25) is 0 Å². The van der Waals surface area contributed by atoms with Crippen LogP contribution in [0, 0.1) is 0 Å². The molecule has 0 aliphatic rings. The van der Waals surface area contributed by atoms with Gasteiger partial charge in [-0.2, -0.15) is 5.10 Å². The Balaban J connectivity index is 2.60. The maximum Gasteiger partial charge on any atom is 0.433 e. The maximum atomic E-state index is 10.7. The van der Waals surface area contributed by atoms with Crippen LogP contribution >= 0.6 is 0 Å². The third-order valence-electron chi connectivity index (χ3n) is 1.80. The van der Waals surface area contributed by atoms with E-state index in [1.165, 1.54) is 13.3 Å². The molecule has 6 heteroatoms. The van der Waals surface area contributed by atoms with E-state index in [9.17, 15) is 4.79 Å². The second kappa shape index (κ2) is 4.59. The first kappa shape index (κ1) is 11.2. The zero-order valence-corrected chi connectivity index (χ0v) is 8.97. The number of nitrogens with zero attached hydrogens (tertiary/aromatic N) is 3. The summed E-state index contributed by atoms with van der Waals surface area (Å²) in [4.78, 5) is 15.2. The van der Waals surface area contributed by atoms with Crippen molar-refractivity contribution in [3.63, 3.8) is 0 Å². The third-order valence-corrected chi connectivity index (χ3v) is 1.80. The number of nitrogens with one attached hydrogen (secondary N) is 1. The fraction of sp³-hybridized carbons (Fsp3) is 0.444. The smallest absolute Gasteiger partial charge is 0.323 e. The molecule has 0 bridgehead atoms. The molecule has 0 aliphatic carbocycles. The highest BCUT2D eigenvalue weighted by atomic mass is 16.7. The summed E-state index contributed by atoms with van der Waals surface area (Å²) in [7, 11) is 1.47. The van der Waals surface area contributed by atoms with E-state index in [0.717, 1.165) is 0 Å². The van der Waals surface area contributed by atoms with Gasteiger partial charge in [-0.25, -0.2) is 4.79 Å². The number of amides is 1. The zero-order valence-electron chi connectivity index (χ0n) is 8.97. The maximum absolute atomic E-state index is 10.7. The highest BCUT2D eigenvalue weighted by Gasteiger charge is 2.17. The lowest BCUT2D eigenvalue weighted by Crippen LogP contribution is -2.29. The van der Waals surface area contributed by atoms with Crippen LogP contribution in [0.2, 0.25) is 0 Å². The summed E-state index contributed by atoms with van der Waals surface area (Å²) in [5.74, 6) is 0. The predicted octanol–water partition coefficient (Wildman–Crippen LogP) is 0.960. The van der Waals surface area contributed by atoms with Crippen LogP contribution in [0.15, 0.2) is 23.6 Å². The van der Waals surface area contributed by atoms with Crippen molar-refractivity contribution in [2.24, 2.45) is 5.16 Å². The molecule has 1 aromatic heterocycles. The van der Waals surface area contributed by atoms with E-state index < -0.39 is 11.6 Å². The minimum absolute atomic E-state index is 0.433. The van der Waals surface area contributed by atoms with Gasteiger partial charge in [-0.15, -0.1) is 0 Å². The summed E-state index contributed by atoms with van der Waals surface area (Å²) in [5, 5.41) is 9.94. The monoisotopic (exact) mass is 210 g/mol. The Kier molecular flexibility index (Phi) is 3.43. The van der Waals surface area contributed by atoms with Gasteiger partial charge in [-0.05, 0) is 19.9 Å². The van der Waals surface area contributed by atoms with Crippen LogP contribution in [0.1, 0.15) is 13.8 Å². The Hall–Kier alpha value is -1.85. The van der Waals surface area contributed by atoms with Crippen LogP contribution in [0.4, 0.5) is 4.79 Å². The van der Waals surface area contributed by atoms with Gasteiger partial charge in [0.15, 0.2) is 0 Å². The van der Waals surface area contributed by atoms with E-state index >= 15 is 0 Å². The molecular weight excluding hydrogens is 196 g/mol. The second-order valence-corrected chi connectivity index (χ2v) is 3.47. The molecule has 0 unspecified atom stereocenters. The largest absolute Gasteiger partial charge is 0.433 e. The van der Waals surface area contributed by atoms with Crippen molar-refractivity contribution in [2.75, 3.05) is 7.05 Å². The molecule has 0 aromatic carbocycles. The van der Waals surface area contributed by atoms with Crippen LogP contribution in [0.25, 0.3) is 0 Å². The van der Waals surface area contributed by atoms with Gasteiger partial charge >= 0.3 is 6.09 Å². The van der Waals surface area contributed by atoms with Gasteiger partial charge in [0.1, 0.15) is 0 Å². The summed E-state index contributed by atoms with van der Waals surface area (Å²) in [6, 6.07) is 1.81. The highest BCUT2D eigenvalue weighted by molar-refractivity contribution is 5.70. The first-order chi connectivity index (χ1) is 7.06. The molecule has 0 spiro atoms. The van der Waals surface area contributed by atoms with Crippen LogP contribution < -0.4 is 5.32 Å². The van der Waals surface area contributed by atoms with Gasteiger partial charge in [-0.3, -0.25) is 9.52 Å². The van der Waals surface area contributed by atoms with Crippen molar-refractivity contribution < 1.29 is 9.63 Å². The molecule has 0 saturated heterocycles. The lowest BCUT2D eigenvalue weighted by molar-refractivity contribution is 0.152. The number of aromatic nitrogens is 2. The lowest BCUT2D eigenvalue weighted by atomic mass is 10.1. The average Bonchev–Trinajstić information content (AvgIpc) is 2.70. The molecule has 1 aromatic rings. The van der Waals surface area contributed by atoms with Crippen molar-refractivity contribution in [3.05, 3.63) is 18.5 Å². The molecule has 1 amide bonds. The van der Waals surface area contributed by atoms with Crippen molar-refractivity contribution in [3.8, 4) is 0 Å². The van der Waals surface area contributed by atoms with E-state index in [1.54, 1.807) is 10.9 Å². The summed E-state index contributed by atoms with van der Waals surface area (Å²) in [6.07, 6.45) is 4.40. The number of carbonyl (C=O) groups excluding carboxylic acids is 1. The number of oxime groups is 1. The molecule has 0 saturated carbocycles. The Labute approximate surface area is 87.9 Å². The van der Waals surface area contributed by atoms with Crippen molar-refractivity contribution in [2.45, 2.75) is 19.4 Å². The van der Waals surface area contributed by atoms with Gasteiger partial charge in [0.25, 0.3) is 0 Å². The van der Waals surface area contributed by atoms with Crippen molar-refractivity contribution >= 4 is 12.3 Å². The summed E-state index contributed by atoms with van der Waals surface area (Å²) in [5.41, 5.74) is -0.433. The highest BCUT2D eigenvalue weighted by Crippen LogP contribution is 2.09. The first-order valence-corrected chi connectivity index (χ1v) is 4.49. The van der Waals surface area contributed by atoms with E-state index in [4.69, 9.17) is 0 Å². The normalized spacial score (nSPS) is 11.7. The molecule has 6 nitrogen and oxygen atoms in total. The number of hydrogen-bond acceptors (Lipinski definition) is 4. The molecule has 0 radical (unpaired) electrons. The Morgan fingerprint density at radius 3 is 2.93 bits per heavy atom. The fourth-order valence-corrected chi connectivity index (χ4v) is 0.918. The van der Waals surface area contributed by atoms with Gasteiger partial charge in [0.05, 0.1) is 11.8 Å². The van der Waals surface area contributed by atoms with Crippen LogP contribution in [-0.2, 0) is 10.4 Å². The van der Waals surface area contributed by atoms with E-state index in [0.29, 0.717) is 0 Å². The standard InChI is InChI=1S/C9H14N4O2/c1-9(2,13-6-4-5-11-13)7-12-15-8(14)10-3/h4-7H,1-3H3,(H,10,14). The number of carbonyl (C=O) groups is 1. The minimum atomic E-state index is -0.595. The Bertz CT molecular complexity index is 343. The summed E-state index contributed by atoms with van der Waals surface area (Å²) >= 11 is 0. The zero-order chi connectivity index (χ0) is 11.3. The first-order valence-electron chi connectivity index (χ1n) is 4.49. The van der Waals surface area contributed by atoms with Gasteiger partial charge < -0.3 is 5.32 Å². The van der Waals surface area contributed by atoms with Gasteiger partial charge in [-0.1, -0.05) is 5.16 Å². The number of rotatable bonds is 3. The van der Waals surface area contributed by atoms with Crippen LogP contribution in [0.5, 0.6) is 0 Å². The topological polar surface area (TPSA) is 68.5 Å². The molecule has 1 heterocycles. The molecule has 15 heavy (non-hydrogen) atoms. The van der Waals surface area contributed by atoms with Gasteiger partial charge in [0, 0.05) is 19.4 Å². The van der Waals surface area contributed by atoms with Crippen LogP contribution in [0.3, 0.4) is 0 Å². The Morgan fingerprint density at radius 2 is 2.40 bits per heavy atom. The second-order valence-electron chi connectivity index (χ2n) is 3.47. The molecule has 1 N–H and O–H groups in total. The third kappa shape index (κ3) is 3.08. The molecule has 0 atom stereocenters. The SMILES string of the molecule is CNC(=O)ON=CC(C)(C)n1cccn1. The number of hydrogen-bond donors (Lipinski definition) is 1. The Morgan fingerprint density at radius 1 is 1.67 bits per heavy atom. The van der Waals surface area contributed by atoms with E-state index in [1.807, 2.05) is 26.1 Å². The summed E-state index contributed by atoms with van der Waals surface area (Å²) in [6.45, 7) is 3.80. The molecule has 0 aliphatic heterocycles. The quantitative estimate of drug-likeness (QED) is 0.459. The molecule has 82 valence electrons. The van der Waals surface area contributed by atoms with Crippen molar-refractivity contribution in [1.82, 2.24) is 15.1 Å².